The van der Waals surface area contributed by atoms with Gasteiger partial charge in [-0.1, -0.05) is 35.9 Å². The van der Waals surface area contributed by atoms with Crippen molar-refractivity contribution >= 4 is 29.1 Å². The van der Waals surface area contributed by atoms with E-state index in [2.05, 4.69) is 5.32 Å². The number of hydrogen-bond acceptors (Lipinski definition) is 4. The summed E-state index contributed by atoms with van der Waals surface area (Å²) in [6, 6.07) is 14.5. The largest absolute Gasteiger partial charge is 0.486 e. The summed E-state index contributed by atoms with van der Waals surface area (Å²) in [5.74, 6) is 1.12. The highest BCUT2D eigenvalue weighted by molar-refractivity contribution is 6.33. The van der Waals surface area contributed by atoms with Gasteiger partial charge in [0.15, 0.2) is 30.7 Å². The van der Waals surface area contributed by atoms with Crippen LogP contribution >= 0.6 is 11.6 Å². The third-order valence-corrected chi connectivity index (χ3v) is 4.86. The van der Waals surface area contributed by atoms with Crippen LogP contribution in [0.3, 0.4) is 0 Å². The molecule has 1 unspecified atom stereocenters. The summed E-state index contributed by atoms with van der Waals surface area (Å²) in [5.41, 5.74) is 0.560. The number of fused-ring (bicyclic) bond motifs is 1. The monoisotopic (exact) mass is 418 g/mol. The molecule has 8 heteroatoms. The molecule has 2 aromatic rings. The molecule has 1 heterocycles. The highest BCUT2D eigenvalue weighted by Crippen LogP contribution is 2.30. The predicted molar refractivity (Wildman–Crippen MR) is 111 cm³/mol. The molecule has 0 saturated heterocycles. The lowest BCUT2D eigenvalue weighted by Gasteiger charge is -2.29. The Bertz CT molecular complexity index is 877. The number of quaternary nitrogens is 1. The van der Waals surface area contributed by atoms with E-state index in [4.69, 9.17) is 21.1 Å². The fourth-order valence-corrected chi connectivity index (χ4v) is 3.23. The second kappa shape index (κ2) is 9.62. The van der Waals surface area contributed by atoms with Gasteiger partial charge < -0.3 is 24.6 Å². The summed E-state index contributed by atoms with van der Waals surface area (Å²) >= 11 is 6.05. The van der Waals surface area contributed by atoms with Gasteiger partial charge in [0.2, 0.25) is 0 Å². The van der Waals surface area contributed by atoms with Crippen molar-refractivity contribution in [3.8, 4) is 11.5 Å². The van der Waals surface area contributed by atoms with Gasteiger partial charge in [0.05, 0.1) is 24.3 Å². The van der Waals surface area contributed by atoms with Gasteiger partial charge in [0.1, 0.15) is 6.61 Å². The normalized spacial score (nSPS) is 16.0. The third kappa shape index (κ3) is 5.85. The van der Waals surface area contributed by atoms with Gasteiger partial charge in [0.25, 0.3) is 11.8 Å². The molecule has 0 bridgehead atoms. The van der Waals surface area contributed by atoms with E-state index in [1.807, 2.05) is 24.3 Å². The minimum absolute atomic E-state index is 0.0736. The maximum Gasteiger partial charge on any atom is 0.279 e. The van der Waals surface area contributed by atoms with Crippen molar-refractivity contribution in [2.75, 3.05) is 45.7 Å². The van der Waals surface area contributed by atoms with E-state index >= 15 is 0 Å². The third-order valence-electron chi connectivity index (χ3n) is 4.53. The lowest BCUT2D eigenvalue weighted by Crippen LogP contribution is -3.11. The number of nitrogens with one attached hydrogen (secondary N) is 2. The first kappa shape index (κ1) is 21.0. The van der Waals surface area contributed by atoms with Crippen LogP contribution in [0.2, 0.25) is 5.02 Å². The zero-order chi connectivity index (χ0) is 20.8. The zero-order valence-corrected chi connectivity index (χ0v) is 17.2. The van der Waals surface area contributed by atoms with Gasteiger partial charge in [-0.3, -0.25) is 9.59 Å². The number of anilines is 1. The van der Waals surface area contributed by atoms with Crippen LogP contribution in [0, 0.1) is 0 Å². The number of para-hydroxylation sites is 3. The lowest BCUT2D eigenvalue weighted by atomic mass is 10.2. The number of ether oxygens (including phenoxy) is 2. The van der Waals surface area contributed by atoms with Crippen LogP contribution in [0.5, 0.6) is 11.5 Å². The molecule has 0 spiro atoms. The molecule has 29 heavy (non-hydrogen) atoms. The molecule has 1 aliphatic heterocycles. The van der Waals surface area contributed by atoms with Crippen LogP contribution in [0.15, 0.2) is 48.5 Å². The number of benzene rings is 2. The Morgan fingerprint density at radius 1 is 1.14 bits per heavy atom. The van der Waals surface area contributed by atoms with E-state index in [1.54, 1.807) is 43.3 Å². The van der Waals surface area contributed by atoms with Crippen molar-refractivity contribution in [2.24, 2.45) is 0 Å². The number of likely N-dealkylation sites (N-methyl/N-ethyl adjacent to an activating group) is 2. The smallest absolute Gasteiger partial charge is 0.279 e. The van der Waals surface area contributed by atoms with E-state index in [0.29, 0.717) is 35.4 Å². The zero-order valence-electron chi connectivity index (χ0n) is 16.5. The van der Waals surface area contributed by atoms with Crippen molar-refractivity contribution in [1.82, 2.24) is 4.90 Å². The molecule has 0 fully saturated rings. The summed E-state index contributed by atoms with van der Waals surface area (Å²) in [7, 11) is 3.53. The molecular weight excluding hydrogens is 394 g/mol. The quantitative estimate of drug-likeness (QED) is 0.706. The minimum atomic E-state index is -0.234. The van der Waals surface area contributed by atoms with Crippen molar-refractivity contribution in [3.05, 3.63) is 53.6 Å². The van der Waals surface area contributed by atoms with Gasteiger partial charge in [-0.15, -0.1) is 0 Å². The Morgan fingerprint density at radius 3 is 2.59 bits per heavy atom. The molecule has 1 aliphatic rings. The molecule has 0 aromatic heterocycles. The second-order valence-corrected chi connectivity index (χ2v) is 7.52. The van der Waals surface area contributed by atoms with Crippen LogP contribution < -0.4 is 19.7 Å². The SMILES string of the molecule is CN(C[C@@H]1COc2ccccc2O1)C(=O)C[NH+](C)CC(=O)Nc1ccccc1Cl. The maximum absolute atomic E-state index is 12.5. The first-order valence-electron chi connectivity index (χ1n) is 9.40. The maximum atomic E-state index is 12.5. The summed E-state index contributed by atoms with van der Waals surface area (Å²) < 4.78 is 11.6. The second-order valence-electron chi connectivity index (χ2n) is 7.11. The Balaban J connectivity index is 1.44. The topological polar surface area (TPSA) is 72.3 Å². The molecule has 0 saturated carbocycles. The number of halogens is 1. The average molecular weight is 419 g/mol. The molecule has 0 aliphatic carbocycles. The molecule has 7 nitrogen and oxygen atoms in total. The van der Waals surface area contributed by atoms with E-state index in [0.717, 1.165) is 4.90 Å². The van der Waals surface area contributed by atoms with E-state index < -0.39 is 0 Å². The molecule has 2 atom stereocenters. The van der Waals surface area contributed by atoms with Crippen molar-refractivity contribution in [3.63, 3.8) is 0 Å². The molecule has 2 aromatic carbocycles. The summed E-state index contributed by atoms with van der Waals surface area (Å²) in [6.07, 6.45) is -0.234. The highest BCUT2D eigenvalue weighted by atomic mass is 35.5. The van der Waals surface area contributed by atoms with Gasteiger partial charge in [-0.2, -0.15) is 0 Å². The van der Waals surface area contributed by atoms with E-state index in [9.17, 15) is 9.59 Å². The molecular formula is C21H25ClN3O4+. The number of hydrogen-bond donors (Lipinski definition) is 2. The molecule has 154 valence electrons. The summed E-state index contributed by atoms with van der Waals surface area (Å²) in [6.45, 7) is 1.14. The van der Waals surface area contributed by atoms with Crippen LogP contribution in [0.4, 0.5) is 5.69 Å². The molecule has 2 amide bonds. The first-order valence-corrected chi connectivity index (χ1v) is 9.78. The number of rotatable bonds is 7. The van der Waals surface area contributed by atoms with E-state index in [1.165, 1.54) is 0 Å². The van der Waals surface area contributed by atoms with Crippen molar-refractivity contribution < 1.29 is 24.0 Å². The fourth-order valence-electron chi connectivity index (χ4n) is 3.05. The molecule has 2 N–H and O–H groups in total. The predicted octanol–water partition coefficient (Wildman–Crippen LogP) is 1.09. The van der Waals surface area contributed by atoms with Gasteiger partial charge in [0, 0.05) is 7.05 Å². The standard InChI is InChI=1S/C21H24ClN3O4/c1-24(12-20(26)23-17-8-4-3-7-16(17)22)13-21(27)25(2)11-15-14-28-18-9-5-6-10-19(18)29-15/h3-10,15H,11-14H2,1-2H3,(H,23,26)/p+1/t15-/m1/s1. The van der Waals surface area contributed by atoms with Crippen LogP contribution in [0.25, 0.3) is 0 Å². The van der Waals surface area contributed by atoms with Gasteiger partial charge in [-0.05, 0) is 24.3 Å². The summed E-state index contributed by atoms with van der Waals surface area (Å²) in [5, 5.41) is 3.24. The van der Waals surface area contributed by atoms with Gasteiger partial charge >= 0.3 is 0 Å². The average Bonchev–Trinajstić information content (AvgIpc) is 2.69. The lowest BCUT2D eigenvalue weighted by molar-refractivity contribution is -0.862. The Kier molecular flexibility index (Phi) is 6.95. The fraction of sp³-hybridized carbons (Fsp3) is 0.333. The summed E-state index contributed by atoms with van der Waals surface area (Å²) in [4.78, 5) is 27.1. The molecule has 3 rings (SSSR count). The van der Waals surface area contributed by atoms with Crippen LogP contribution in [-0.2, 0) is 9.59 Å². The van der Waals surface area contributed by atoms with Crippen molar-refractivity contribution in [1.29, 1.82) is 0 Å². The number of amides is 2. The Labute approximate surface area is 175 Å². The molecule has 0 radical (unpaired) electrons. The Morgan fingerprint density at radius 2 is 1.83 bits per heavy atom. The van der Waals surface area contributed by atoms with E-state index in [-0.39, 0.29) is 31.0 Å². The van der Waals surface area contributed by atoms with Crippen molar-refractivity contribution in [2.45, 2.75) is 6.10 Å². The number of carbonyl (C=O) groups excluding carboxylic acids is 2. The first-order chi connectivity index (χ1) is 13.9. The number of carbonyl (C=O) groups is 2. The van der Waals surface area contributed by atoms with Crippen LogP contribution in [0.1, 0.15) is 0 Å². The minimum Gasteiger partial charge on any atom is -0.486 e. The Hall–Kier alpha value is -2.77. The van der Waals surface area contributed by atoms with Crippen LogP contribution in [-0.4, -0.2) is 63.2 Å². The van der Waals surface area contributed by atoms with Gasteiger partial charge in [-0.25, -0.2) is 0 Å². The number of nitrogens with zero attached hydrogens (tertiary/aromatic N) is 1. The highest BCUT2D eigenvalue weighted by Gasteiger charge is 2.25.